The number of hydrogen-bond donors (Lipinski definition) is 1. The van der Waals surface area contributed by atoms with Gasteiger partial charge in [-0.15, -0.1) is 10.2 Å². The van der Waals surface area contributed by atoms with Crippen molar-refractivity contribution in [2.24, 2.45) is 0 Å². The minimum absolute atomic E-state index is 0.0127. The number of thioether (sulfide) groups is 1. The lowest BCUT2D eigenvalue weighted by Crippen LogP contribution is -2.30. The molecule has 0 aliphatic carbocycles. The molecule has 3 rings (SSSR count). The molecule has 2 heterocycles. The van der Waals surface area contributed by atoms with Crippen molar-refractivity contribution in [1.82, 2.24) is 20.1 Å². The molecule has 1 N–H and O–H groups in total. The van der Waals surface area contributed by atoms with Crippen LogP contribution in [0.1, 0.15) is 19.6 Å². The minimum Gasteiger partial charge on any atom is -0.467 e. The van der Waals surface area contributed by atoms with E-state index in [-0.39, 0.29) is 11.2 Å². The van der Waals surface area contributed by atoms with Gasteiger partial charge in [0.2, 0.25) is 5.91 Å². The maximum atomic E-state index is 12.0. The molecule has 0 aliphatic heterocycles. The first-order chi connectivity index (χ1) is 12.2. The molecule has 0 unspecified atom stereocenters. The number of aromatic nitrogens is 3. The molecule has 0 saturated carbocycles. The van der Waals surface area contributed by atoms with Gasteiger partial charge in [0.25, 0.3) is 0 Å². The highest BCUT2D eigenvalue weighted by Crippen LogP contribution is 2.27. The van der Waals surface area contributed by atoms with E-state index < -0.39 is 0 Å². The van der Waals surface area contributed by atoms with E-state index in [1.54, 1.807) is 6.26 Å². The molecule has 0 aliphatic rings. The molecule has 0 saturated heterocycles. The second kappa shape index (κ2) is 8.02. The van der Waals surface area contributed by atoms with Gasteiger partial charge in [0, 0.05) is 12.1 Å². The van der Waals surface area contributed by atoms with Crippen LogP contribution >= 0.6 is 11.8 Å². The van der Waals surface area contributed by atoms with Gasteiger partial charge >= 0.3 is 0 Å². The summed E-state index contributed by atoms with van der Waals surface area (Å²) < 4.78 is 7.46. The van der Waals surface area contributed by atoms with Crippen molar-refractivity contribution in [3.8, 4) is 11.4 Å². The molecular formula is C18H20N4O2S. The number of furan rings is 1. The molecule has 2 aromatic heterocycles. The Bertz CT molecular complexity index is 815. The largest absolute Gasteiger partial charge is 0.467 e. The van der Waals surface area contributed by atoms with E-state index in [2.05, 4.69) is 15.5 Å². The molecule has 7 heteroatoms. The first kappa shape index (κ1) is 17.3. The molecule has 130 valence electrons. The summed E-state index contributed by atoms with van der Waals surface area (Å²) in [5.41, 5.74) is 0.971. The highest BCUT2D eigenvalue weighted by atomic mass is 32.2. The molecule has 6 nitrogen and oxygen atoms in total. The summed E-state index contributed by atoms with van der Waals surface area (Å²) in [7, 11) is 0. The Kier molecular flexibility index (Phi) is 5.55. The third-order valence-corrected chi connectivity index (χ3v) is 4.73. The van der Waals surface area contributed by atoms with Gasteiger partial charge in [0.05, 0.1) is 18.1 Å². The van der Waals surface area contributed by atoms with E-state index in [1.807, 2.05) is 60.9 Å². The highest BCUT2D eigenvalue weighted by Gasteiger charge is 2.21. The van der Waals surface area contributed by atoms with Gasteiger partial charge in [-0.25, -0.2) is 0 Å². The summed E-state index contributed by atoms with van der Waals surface area (Å²) in [5.74, 6) is 1.55. The van der Waals surface area contributed by atoms with E-state index in [4.69, 9.17) is 4.42 Å². The Morgan fingerprint density at radius 3 is 2.72 bits per heavy atom. The number of nitrogens with one attached hydrogen (secondary N) is 1. The standard InChI is InChI=1S/C18H20N4O2S/c1-3-19-17(23)13(2)25-18-21-20-16(14-8-5-4-6-9-14)22(18)12-15-10-7-11-24-15/h4-11,13H,3,12H2,1-2H3,(H,19,23)/t13-/m1/s1. The van der Waals surface area contributed by atoms with Gasteiger partial charge in [-0.2, -0.15) is 0 Å². The lowest BCUT2D eigenvalue weighted by atomic mass is 10.2. The molecule has 0 radical (unpaired) electrons. The number of nitrogens with zero attached hydrogens (tertiary/aromatic N) is 3. The van der Waals surface area contributed by atoms with Gasteiger partial charge < -0.3 is 9.73 Å². The van der Waals surface area contributed by atoms with Crippen LogP contribution in [-0.4, -0.2) is 32.5 Å². The molecule has 0 fully saturated rings. The fourth-order valence-electron chi connectivity index (χ4n) is 2.41. The first-order valence-electron chi connectivity index (χ1n) is 8.14. The summed E-state index contributed by atoms with van der Waals surface area (Å²) >= 11 is 1.39. The summed E-state index contributed by atoms with van der Waals surface area (Å²) in [4.78, 5) is 12.0. The summed E-state index contributed by atoms with van der Waals surface area (Å²) in [6.07, 6.45) is 1.64. The van der Waals surface area contributed by atoms with Crippen LogP contribution in [-0.2, 0) is 11.3 Å². The monoisotopic (exact) mass is 356 g/mol. The number of carbonyl (C=O) groups is 1. The first-order valence-corrected chi connectivity index (χ1v) is 9.02. The fraction of sp³-hybridized carbons (Fsp3) is 0.278. The van der Waals surface area contributed by atoms with E-state index in [1.165, 1.54) is 11.8 Å². The summed E-state index contributed by atoms with van der Waals surface area (Å²) in [6.45, 7) is 4.89. The van der Waals surface area contributed by atoms with Crippen molar-refractivity contribution in [1.29, 1.82) is 0 Å². The van der Waals surface area contributed by atoms with Crippen LogP contribution in [0.3, 0.4) is 0 Å². The number of benzene rings is 1. The number of carbonyl (C=O) groups excluding carboxylic acids is 1. The normalized spacial score (nSPS) is 12.1. The van der Waals surface area contributed by atoms with Gasteiger partial charge in [-0.1, -0.05) is 42.1 Å². The van der Waals surface area contributed by atoms with E-state index in [0.717, 1.165) is 17.1 Å². The van der Waals surface area contributed by atoms with Crippen molar-refractivity contribution < 1.29 is 9.21 Å². The molecule has 0 bridgehead atoms. The van der Waals surface area contributed by atoms with Crippen molar-refractivity contribution in [2.75, 3.05) is 6.54 Å². The molecule has 0 spiro atoms. The molecule has 1 aromatic carbocycles. The van der Waals surface area contributed by atoms with E-state index in [0.29, 0.717) is 18.2 Å². The fourth-order valence-corrected chi connectivity index (χ4v) is 3.28. The number of rotatable bonds is 7. The van der Waals surface area contributed by atoms with E-state index >= 15 is 0 Å². The second-order valence-corrected chi connectivity index (χ2v) is 6.80. The van der Waals surface area contributed by atoms with Crippen LogP contribution in [0.2, 0.25) is 0 Å². The van der Waals surface area contributed by atoms with Crippen LogP contribution in [0.25, 0.3) is 11.4 Å². The average Bonchev–Trinajstić information content (AvgIpc) is 3.27. The number of amides is 1. The quantitative estimate of drug-likeness (QED) is 0.658. The lowest BCUT2D eigenvalue weighted by Gasteiger charge is -2.12. The molecule has 3 aromatic rings. The van der Waals surface area contributed by atoms with Crippen LogP contribution in [0.5, 0.6) is 0 Å². The predicted molar refractivity (Wildman–Crippen MR) is 97.3 cm³/mol. The van der Waals surface area contributed by atoms with Crippen molar-refractivity contribution in [3.05, 3.63) is 54.5 Å². The Balaban J connectivity index is 1.92. The predicted octanol–water partition coefficient (Wildman–Crippen LogP) is 3.20. The van der Waals surface area contributed by atoms with Gasteiger partial charge in [-0.3, -0.25) is 9.36 Å². The zero-order valence-electron chi connectivity index (χ0n) is 14.2. The van der Waals surface area contributed by atoms with Crippen LogP contribution in [0.4, 0.5) is 0 Å². The Morgan fingerprint density at radius 2 is 2.04 bits per heavy atom. The van der Waals surface area contributed by atoms with E-state index in [9.17, 15) is 4.79 Å². The van der Waals surface area contributed by atoms with Gasteiger partial charge in [0.1, 0.15) is 5.76 Å². The van der Waals surface area contributed by atoms with Crippen molar-refractivity contribution in [3.63, 3.8) is 0 Å². The van der Waals surface area contributed by atoms with Gasteiger partial charge in [0.15, 0.2) is 11.0 Å². The Morgan fingerprint density at radius 1 is 1.24 bits per heavy atom. The highest BCUT2D eigenvalue weighted by molar-refractivity contribution is 8.00. The van der Waals surface area contributed by atoms with Crippen molar-refractivity contribution >= 4 is 17.7 Å². The average molecular weight is 356 g/mol. The summed E-state index contributed by atoms with van der Waals surface area (Å²) in [6, 6.07) is 13.6. The number of hydrogen-bond acceptors (Lipinski definition) is 5. The Hall–Kier alpha value is -2.54. The zero-order chi connectivity index (χ0) is 17.6. The molecule has 1 amide bonds. The summed E-state index contributed by atoms with van der Waals surface area (Å²) in [5, 5.41) is 11.9. The maximum Gasteiger partial charge on any atom is 0.233 e. The second-order valence-electron chi connectivity index (χ2n) is 5.49. The minimum atomic E-state index is -0.261. The third-order valence-electron chi connectivity index (χ3n) is 3.65. The smallest absolute Gasteiger partial charge is 0.233 e. The maximum absolute atomic E-state index is 12.0. The zero-order valence-corrected chi connectivity index (χ0v) is 15.0. The Labute approximate surface area is 150 Å². The third kappa shape index (κ3) is 4.11. The van der Waals surface area contributed by atoms with Crippen LogP contribution in [0, 0.1) is 0 Å². The van der Waals surface area contributed by atoms with Gasteiger partial charge in [-0.05, 0) is 26.0 Å². The topological polar surface area (TPSA) is 73.0 Å². The molecule has 1 atom stereocenters. The SMILES string of the molecule is CCNC(=O)[C@@H](C)Sc1nnc(-c2ccccc2)n1Cc1ccco1. The lowest BCUT2D eigenvalue weighted by molar-refractivity contribution is -0.120. The van der Waals surface area contributed by atoms with Crippen LogP contribution in [0.15, 0.2) is 58.3 Å². The molecule has 25 heavy (non-hydrogen) atoms. The molecular weight excluding hydrogens is 336 g/mol. The van der Waals surface area contributed by atoms with Crippen molar-refractivity contribution in [2.45, 2.75) is 30.8 Å². The van der Waals surface area contributed by atoms with Crippen LogP contribution < -0.4 is 5.32 Å².